The lowest BCUT2D eigenvalue weighted by atomic mass is 9.72. The van der Waals surface area contributed by atoms with Crippen LogP contribution in [0.4, 0.5) is 0 Å². The number of benzene rings is 1. The van der Waals surface area contributed by atoms with Crippen molar-refractivity contribution >= 4 is 21.8 Å². The van der Waals surface area contributed by atoms with Crippen LogP contribution in [0.25, 0.3) is 0 Å². The maximum atomic E-state index is 12.8. The number of hydrogen-bond acceptors (Lipinski definition) is 4. The van der Waals surface area contributed by atoms with E-state index in [-0.39, 0.29) is 23.0 Å². The van der Waals surface area contributed by atoms with E-state index in [2.05, 4.69) is 54.6 Å². The molecule has 1 aromatic rings. The molecule has 0 N–H and O–H groups in total. The van der Waals surface area contributed by atoms with Crippen molar-refractivity contribution in [2.24, 2.45) is 5.92 Å². The van der Waals surface area contributed by atoms with Gasteiger partial charge in [0, 0.05) is 55.8 Å². The third-order valence-electron chi connectivity index (χ3n) is 7.94. The number of carbonyl (C=O) groups excluding carboxylic acids is 1. The molecule has 3 aliphatic rings. The van der Waals surface area contributed by atoms with E-state index in [0.29, 0.717) is 0 Å². The van der Waals surface area contributed by atoms with Gasteiger partial charge in [-0.2, -0.15) is 0 Å². The molecule has 2 aliphatic heterocycles. The largest absolute Gasteiger partial charge is 0.491 e. The van der Waals surface area contributed by atoms with Gasteiger partial charge in [-0.15, -0.1) is 0 Å². The Bertz CT molecular complexity index is 949. The monoisotopic (exact) mass is 516 g/mol. The van der Waals surface area contributed by atoms with E-state index in [1.807, 2.05) is 29.2 Å². The first-order chi connectivity index (χ1) is 15.6. The summed E-state index contributed by atoms with van der Waals surface area (Å²) in [5, 5.41) is 0. The third-order valence-corrected chi connectivity index (χ3v) is 8.47. The molecule has 3 unspecified atom stereocenters. The van der Waals surface area contributed by atoms with Crippen LogP contribution >= 0.6 is 15.9 Å². The van der Waals surface area contributed by atoms with Gasteiger partial charge in [-0.25, -0.2) is 0 Å². The first kappa shape index (κ1) is 24.5. The average molecular weight is 518 g/mol. The van der Waals surface area contributed by atoms with Gasteiger partial charge in [0.15, 0.2) is 0 Å². The molecule has 180 valence electrons. The van der Waals surface area contributed by atoms with Gasteiger partial charge in [-0.05, 0) is 88.4 Å². The quantitative estimate of drug-likeness (QED) is 0.523. The third kappa shape index (κ3) is 5.08. The van der Waals surface area contributed by atoms with Gasteiger partial charge in [0.05, 0.1) is 5.60 Å². The fourth-order valence-corrected chi connectivity index (χ4v) is 5.67. The number of hydrogen-bond donors (Lipinski definition) is 0. The minimum atomic E-state index is -0.294. The molecule has 1 amide bonds. The van der Waals surface area contributed by atoms with Crippen LogP contribution in [0.2, 0.25) is 0 Å². The molecule has 2 saturated heterocycles. The Labute approximate surface area is 206 Å². The molecule has 0 saturated carbocycles. The lowest BCUT2D eigenvalue weighted by molar-refractivity contribution is -0.0983. The van der Waals surface area contributed by atoms with Crippen molar-refractivity contribution in [1.82, 2.24) is 9.80 Å². The smallest absolute Gasteiger partial charge is 0.253 e. The first-order valence-corrected chi connectivity index (χ1v) is 12.9. The van der Waals surface area contributed by atoms with Crippen molar-refractivity contribution in [3.05, 3.63) is 57.3 Å². The standard InChI is InChI=1S/C27H37BrN2O3/c1-19-18-27(4,32-5)23-10-11-26(3,33-24(23)20(19)2)12-13-29-14-16-30(17-15-29)25(31)21-6-8-22(28)9-7-21/h6-9,18,23H,10-17H2,1-5H3. The van der Waals surface area contributed by atoms with E-state index in [1.54, 1.807) is 7.11 Å². The fraction of sp³-hybridized carbons (Fsp3) is 0.593. The highest BCUT2D eigenvalue weighted by Crippen LogP contribution is 2.48. The molecule has 33 heavy (non-hydrogen) atoms. The summed E-state index contributed by atoms with van der Waals surface area (Å²) >= 11 is 3.43. The molecule has 2 fully saturated rings. The van der Waals surface area contributed by atoms with Crippen LogP contribution in [-0.4, -0.2) is 66.7 Å². The zero-order chi connectivity index (χ0) is 23.8. The normalized spacial score (nSPS) is 30.5. The van der Waals surface area contributed by atoms with E-state index in [9.17, 15) is 4.79 Å². The first-order valence-electron chi connectivity index (χ1n) is 12.1. The summed E-state index contributed by atoms with van der Waals surface area (Å²) in [6, 6.07) is 7.63. The second-order valence-corrected chi connectivity index (χ2v) is 11.2. The molecule has 4 rings (SSSR count). The van der Waals surface area contributed by atoms with E-state index in [0.717, 1.165) is 67.8 Å². The van der Waals surface area contributed by atoms with E-state index < -0.39 is 0 Å². The molecular weight excluding hydrogens is 480 g/mol. The molecule has 3 atom stereocenters. The summed E-state index contributed by atoms with van der Waals surface area (Å²) in [4.78, 5) is 17.2. The summed E-state index contributed by atoms with van der Waals surface area (Å²) < 4.78 is 13.7. The fourth-order valence-electron chi connectivity index (χ4n) is 5.41. The van der Waals surface area contributed by atoms with Crippen LogP contribution < -0.4 is 0 Å². The van der Waals surface area contributed by atoms with Crippen molar-refractivity contribution < 1.29 is 14.3 Å². The molecule has 1 aliphatic carbocycles. The molecular formula is C27H37BrN2O3. The van der Waals surface area contributed by atoms with Crippen LogP contribution in [0.5, 0.6) is 0 Å². The summed E-state index contributed by atoms with van der Waals surface area (Å²) in [7, 11) is 1.80. The SMILES string of the molecule is COC1(C)C=C(C)C(C)=C2OC(C)(CCN3CCN(C(=O)c4ccc(Br)cc4)CC3)CCC21. The van der Waals surface area contributed by atoms with Crippen molar-refractivity contribution in [2.45, 2.75) is 58.2 Å². The number of nitrogens with zero attached hydrogens (tertiary/aromatic N) is 2. The van der Waals surface area contributed by atoms with Crippen molar-refractivity contribution in [1.29, 1.82) is 0 Å². The van der Waals surface area contributed by atoms with Crippen LogP contribution in [0, 0.1) is 5.92 Å². The Morgan fingerprint density at radius 3 is 2.45 bits per heavy atom. The summed E-state index contributed by atoms with van der Waals surface area (Å²) in [5.74, 6) is 1.53. The highest BCUT2D eigenvalue weighted by Gasteiger charge is 2.46. The minimum absolute atomic E-state index is 0.125. The maximum absolute atomic E-state index is 12.8. The van der Waals surface area contributed by atoms with Gasteiger partial charge in [0.1, 0.15) is 11.4 Å². The van der Waals surface area contributed by atoms with Gasteiger partial charge in [-0.1, -0.05) is 15.9 Å². The molecule has 2 heterocycles. The average Bonchev–Trinajstić information content (AvgIpc) is 2.82. The molecule has 5 nitrogen and oxygen atoms in total. The molecule has 0 radical (unpaired) electrons. The number of rotatable bonds is 5. The molecule has 0 spiro atoms. The Balaban J connectivity index is 1.32. The zero-order valence-corrected chi connectivity index (χ0v) is 22.2. The second kappa shape index (κ2) is 9.55. The molecule has 0 aromatic heterocycles. The molecule has 0 bridgehead atoms. The molecule has 6 heteroatoms. The van der Waals surface area contributed by atoms with Gasteiger partial charge in [0.25, 0.3) is 5.91 Å². The number of fused-ring (bicyclic) bond motifs is 1. The van der Waals surface area contributed by atoms with Crippen molar-refractivity contribution in [3.8, 4) is 0 Å². The van der Waals surface area contributed by atoms with Gasteiger partial charge >= 0.3 is 0 Å². The summed E-state index contributed by atoms with van der Waals surface area (Å²) in [5.41, 5.74) is 2.82. The molecule has 1 aromatic carbocycles. The highest BCUT2D eigenvalue weighted by atomic mass is 79.9. The Kier molecular flexibility index (Phi) is 7.09. The van der Waals surface area contributed by atoms with Crippen LogP contribution in [0.3, 0.4) is 0 Å². The predicted octanol–water partition coefficient (Wildman–Crippen LogP) is 5.42. The topological polar surface area (TPSA) is 42.0 Å². The lowest BCUT2D eigenvalue weighted by Crippen LogP contribution is -2.51. The zero-order valence-electron chi connectivity index (χ0n) is 20.6. The summed E-state index contributed by atoms with van der Waals surface area (Å²) in [6.07, 6.45) is 5.36. The van der Waals surface area contributed by atoms with Crippen molar-refractivity contribution in [2.75, 3.05) is 39.8 Å². The number of methoxy groups -OCH3 is 1. The Hall–Kier alpha value is -1.63. The van der Waals surface area contributed by atoms with E-state index in [4.69, 9.17) is 9.47 Å². The Morgan fingerprint density at radius 2 is 1.82 bits per heavy atom. The van der Waals surface area contributed by atoms with Crippen LogP contribution in [0.1, 0.15) is 57.3 Å². The predicted molar refractivity (Wildman–Crippen MR) is 135 cm³/mol. The highest BCUT2D eigenvalue weighted by molar-refractivity contribution is 9.10. The van der Waals surface area contributed by atoms with Crippen molar-refractivity contribution in [3.63, 3.8) is 0 Å². The van der Waals surface area contributed by atoms with Gasteiger partial charge in [0.2, 0.25) is 0 Å². The van der Waals surface area contributed by atoms with E-state index in [1.165, 1.54) is 11.1 Å². The van der Waals surface area contributed by atoms with Gasteiger partial charge < -0.3 is 14.4 Å². The lowest BCUT2D eigenvalue weighted by Gasteiger charge is -2.48. The maximum Gasteiger partial charge on any atom is 0.253 e. The Morgan fingerprint density at radius 1 is 1.15 bits per heavy atom. The van der Waals surface area contributed by atoms with Crippen LogP contribution in [-0.2, 0) is 9.47 Å². The van der Waals surface area contributed by atoms with Gasteiger partial charge in [-0.3, -0.25) is 9.69 Å². The number of carbonyl (C=O) groups is 1. The number of allylic oxidation sites excluding steroid dienone is 2. The van der Waals surface area contributed by atoms with E-state index >= 15 is 0 Å². The summed E-state index contributed by atoms with van der Waals surface area (Å²) in [6.45, 7) is 13.1. The van der Waals surface area contributed by atoms with Crippen LogP contribution in [0.15, 0.2) is 51.7 Å². The number of piperazine rings is 1. The number of ether oxygens (including phenoxy) is 2. The minimum Gasteiger partial charge on any atom is -0.491 e. The number of amides is 1. The number of halogens is 1. The second-order valence-electron chi connectivity index (χ2n) is 10.2.